The molecule has 0 aromatic heterocycles. The standard InChI is InChI=1S/C13H20ClNO4/c1-17-7-6-15-10(8-16)9-4-5-11(18-2)13(19-3)12(9)14/h4-5,10,15-16H,6-8H2,1-3H3. The number of rotatable bonds is 8. The minimum absolute atomic E-state index is 0.0705. The molecule has 1 aromatic carbocycles. The SMILES string of the molecule is COCCNC(CO)c1ccc(OC)c(OC)c1Cl. The highest BCUT2D eigenvalue weighted by atomic mass is 35.5. The van der Waals surface area contributed by atoms with Crippen LogP contribution in [0.4, 0.5) is 0 Å². The lowest BCUT2D eigenvalue weighted by Gasteiger charge is -2.20. The fourth-order valence-electron chi connectivity index (χ4n) is 1.78. The van der Waals surface area contributed by atoms with Gasteiger partial charge < -0.3 is 24.6 Å². The second-order valence-corrected chi connectivity index (χ2v) is 4.26. The molecule has 0 spiro atoms. The summed E-state index contributed by atoms with van der Waals surface area (Å²) in [7, 11) is 4.70. The van der Waals surface area contributed by atoms with Crippen LogP contribution >= 0.6 is 11.6 Å². The van der Waals surface area contributed by atoms with Crippen molar-refractivity contribution in [3.63, 3.8) is 0 Å². The van der Waals surface area contributed by atoms with Gasteiger partial charge in [0.05, 0.1) is 38.5 Å². The number of aliphatic hydroxyl groups is 1. The molecule has 0 heterocycles. The lowest BCUT2D eigenvalue weighted by atomic mass is 10.1. The molecule has 1 rings (SSSR count). The second-order valence-electron chi connectivity index (χ2n) is 3.89. The van der Waals surface area contributed by atoms with Crippen LogP contribution in [0.3, 0.4) is 0 Å². The van der Waals surface area contributed by atoms with Crippen molar-refractivity contribution < 1.29 is 19.3 Å². The van der Waals surface area contributed by atoms with Gasteiger partial charge in [0.2, 0.25) is 0 Å². The van der Waals surface area contributed by atoms with Crippen LogP contribution in [0.5, 0.6) is 11.5 Å². The summed E-state index contributed by atoms with van der Waals surface area (Å²) >= 11 is 6.29. The average molecular weight is 290 g/mol. The molecule has 1 aromatic rings. The fraction of sp³-hybridized carbons (Fsp3) is 0.538. The first-order valence-electron chi connectivity index (χ1n) is 5.93. The van der Waals surface area contributed by atoms with E-state index in [-0.39, 0.29) is 12.6 Å². The van der Waals surface area contributed by atoms with Crippen LogP contribution in [0.2, 0.25) is 5.02 Å². The molecule has 6 heteroatoms. The maximum absolute atomic E-state index is 9.46. The molecule has 0 aliphatic heterocycles. The molecule has 0 saturated carbocycles. The second kappa shape index (κ2) is 8.22. The van der Waals surface area contributed by atoms with Crippen molar-refractivity contribution in [2.45, 2.75) is 6.04 Å². The van der Waals surface area contributed by atoms with Gasteiger partial charge in [0.25, 0.3) is 0 Å². The Morgan fingerprint density at radius 2 is 2.00 bits per heavy atom. The molecule has 2 N–H and O–H groups in total. The third kappa shape index (κ3) is 3.98. The first-order chi connectivity index (χ1) is 9.19. The van der Waals surface area contributed by atoms with E-state index in [1.165, 1.54) is 7.11 Å². The van der Waals surface area contributed by atoms with Gasteiger partial charge in [0, 0.05) is 13.7 Å². The largest absolute Gasteiger partial charge is 0.493 e. The Labute approximate surface area is 118 Å². The number of hydrogen-bond donors (Lipinski definition) is 2. The van der Waals surface area contributed by atoms with Crippen LogP contribution in [0.1, 0.15) is 11.6 Å². The lowest BCUT2D eigenvalue weighted by molar-refractivity contribution is 0.184. The monoisotopic (exact) mass is 289 g/mol. The van der Waals surface area contributed by atoms with E-state index in [0.717, 1.165) is 5.56 Å². The highest BCUT2D eigenvalue weighted by molar-refractivity contribution is 6.33. The van der Waals surface area contributed by atoms with Crippen LogP contribution in [0.15, 0.2) is 12.1 Å². The van der Waals surface area contributed by atoms with Crippen LogP contribution in [0, 0.1) is 0 Å². The van der Waals surface area contributed by atoms with Crippen molar-refractivity contribution in [1.29, 1.82) is 0 Å². The Morgan fingerprint density at radius 1 is 1.26 bits per heavy atom. The van der Waals surface area contributed by atoms with Crippen molar-refractivity contribution in [2.75, 3.05) is 41.1 Å². The average Bonchev–Trinajstić information content (AvgIpc) is 2.44. The van der Waals surface area contributed by atoms with E-state index in [9.17, 15) is 5.11 Å². The highest BCUT2D eigenvalue weighted by Crippen LogP contribution is 2.39. The summed E-state index contributed by atoms with van der Waals surface area (Å²) in [6, 6.07) is 3.30. The lowest BCUT2D eigenvalue weighted by Crippen LogP contribution is -2.28. The molecule has 0 aliphatic carbocycles. The van der Waals surface area contributed by atoms with Gasteiger partial charge in [0.1, 0.15) is 0 Å². The zero-order valence-electron chi connectivity index (χ0n) is 11.4. The molecular weight excluding hydrogens is 270 g/mol. The molecule has 0 aliphatic rings. The molecule has 0 saturated heterocycles. The van der Waals surface area contributed by atoms with E-state index in [4.69, 9.17) is 25.8 Å². The predicted molar refractivity (Wildman–Crippen MR) is 74.3 cm³/mol. The van der Waals surface area contributed by atoms with E-state index < -0.39 is 0 Å². The maximum atomic E-state index is 9.46. The van der Waals surface area contributed by atoms with E-state index in [0.29, 0.717) is 29.7 Å². The Kier molecular flexibility index (Phi) is 6.94. The summed E-state index contributed by atoms with van der Waals surface area (Å²) in [5.41, 5.74) is 0.762. The highest BCUT2D eigenvalue weighted by Gasteiger charge is 2.19. The van der Waals surface area contributed by atoms with Crippen molar-refractivity contribution in [1.82, 2.24) is 5.32 Å². The normalized spacial score (nSPS) is 12.3. The molecule has 1 unspecified atom stereocenters. The van der Waals surface area contributed by atoms with E-state index in [1.54, 1.807) is 20.3 Å². The minimum Gasteiger partial charge on any atom is -0.493 e. The minimum atomic E-state index is -0.276. The Bertz CT molecular complexity index is 400. The predicted octanol–water partition coefficient (Wildman–Crippen LogP) is 1.63. The van der Waals surface area contributed by atoms with Gasteiger partial charge in [-0.1, -0.05) is 17.7 Å². The Morgan fingerprint density at radius 3 is 2.53 bits per heavy atom. The van der Waals surface area contributed by atoms with Crippen LogP contribution in [-0.4, -0.2) is 46.2 Å². The summed E-state index contributed by atoms with van der Waals surface area (Å²) in [5.74, 6) is 1.03. The van der Waals surface area contributed by atoms with E-state index >= 15 is 0 Å². The van der Waals surface area contributed by atoms with Gasteiger partial charge in [0.15, 0.2) is 11.5 Å². The van der Waals surface area contributed by atoms with Crippen molar-refractivity contribution >= 4 is 11.6 Å². The van der Waals surface area contributed by atoms with Crippen LogP contribution in [-0.2, 0) is 4.74 Å². The fourth-order valence-corrected chi connectivity index (χ4v) is 2.15. The van der Waals surface area contributed by atoms with Gasteiger partial charge in [-0.3, -0.25) is 0 Å². The van der Waals surface area contributed by atoms with Gasteiger partial charge in [-0.25, -0.2) is 0 Å². The third-order valence-electron chi connectivity index (χ3n) is 2.77. The van der Waals surface area contributed by atoms with Crippen LogP contribution < -0.4 is 14.8 Å². The molecule has 0 radical (unpaired) electrons. The molecule has 1 atom stereocenters. The quantitative estimate of drug-likeness (QED) is 0.712. The van der Waals surface area contributed by atoms with Gasteiger partial charge >= 0.3 is 0 Å². The molecule has 5 nitrogen and oxygen atoms in total. The first kappa shape index (κ1) is 16.0. The van der Waals surface area contributed by atoms with E-state index in [2.05, 4.69) is 5.32 Å². The van der Waals surface area contributed by atoms with Crippen molar-refractivity contribution in [3.8, 4) is 11.5 Å². The molecule has 0 amide bonds. The molecule has 108 valence electrons. The topological polar surface area (TPSA) is 60.0 Å². The van der Waals surface area contributed by atoms with E-state index in [1.807, 2.05) is 6.07 Å². The number of benzene rings is 1. The Balaban J connectivity index is 2.97. The zero-order chi connectivity index (χ0) is 14.3. The molecule has 0 bridgehead atoms. The number of aliphatic hydroxyl groups excluding tert-OH is 1. The number of halogens is 1. The number of methoxy groups -OCH3 is 3. The first-order valence-corrected chi connectivity index (χ1v) is 6.30. The summed E-state index contributed by atoms with van der Waals surface area (Å²) in [6.45, 7) is 1.10. The molecule has 19 heavy (non-hydrogen) atoms. The smallest absolute Gasteiger partial charge is 0.179 e. The van der Waals surface area contributed by atoms with Crippen molar-refractivity contribution in [3.05, 3.63) is 22.7 Å². The number of hydrogen-bond acceptors (Lipinski definition) is 5. The summed E-state index contributed by atoms with van der Waals surface area (Å²) in [5, 5.41) is 13.1. The Hall–Kier alpha value is -1.01. The van der Waals surface area contributed by atoms with Gasteiger partial charge in [-0.05, 0) is 11.6 Å². The maximum Gasteiger partial charge on any atom is 0.179 e. The molecule has 0 fully saturated rings. The zero-order valence-corrected chi connectivity index (χ0v) is 12.2. The van der Waals surface area contributed by atoms with Gasteiger partial charge in [-0.15, -0.1) is 0 Å². The van der Waals surface area contributed by atoms with Gasteiger partial charge in [-0.2, -0.15) is 0 Å². The summed E-state index contributed by atoms with van der Waals surface area (Å²) in [6.07, 6.45) is 0. The van der Waals surface area contributed by atoms with Crippen LogP contribution in [0.25, 0.3) is 0 Å². The summed E-state index contributed by atoms with van der Waals surface area (Å²) < 4.78 is 15.4. The molecular formula is C13H20ClNO4. The number of ether oxygens (including phenoxy) is 3. The third-order valence-corrected chi connectivity index (χ3v) is 3.16. The summed E-state index contributed by atoms with van der Waals surface area (Å²) in [4.78, 5) is 0. The number of nitrogens with one attached hydrogen (secondary N) is 1. The van der Waals surface area contributed by atoms with Crippen molar-refractivity contribution in [2.24, 2.45) is 0 Å².